The summed E-state index contributed by atoms with van der Waals surface area (Å²) in [6, 6.07) is 0.853. The van der Waals surface area contributed by atoms with E-state index >= 15 is 0 Å². The minimum absolute atomic E-state index is 0.0542. The van der Waals surface area contributed by atoms with Crippen LogP contribution in [0.2, 0.25) is 0 Å². The highest BCUT2D eigenvalue weighted by Gasteiger charge is 2.32. The number of nitrogens with two attached hydrogens (primary N) is 1. The smallest absolute Gasteiger partial charge is 0.0278 e. The number of hydrogen-bond acceptors (Lipinski definition) is 2. The molecule has 2 nitrogen and oxygen atoms in total. The van der Waals surface area contributed by atoms with E-state index in [4.69, 9.17) is 5.73 Å². The largest absolute Gasteiger partial charge is 0.324 e. The number of likely N-dealkylation sites (N-methyl/N-ethyl adjacent to an activating group) is 1. The molecule has 0 spiro atoms. The zero-order valence-electron chi connectivity index (χ0n) is 9.34. The highest BCUT2D eigenvalue weighted by atomic mass is 15.2. The normalized spacial score (nSPS) is 18.2. The molecule has 2 N–H and O–H groups in total. The zero-order chi connectivity index (χ0) is 9.90. The van der Waals surface area contributed by atoms with Crippen molar-refractivity contribution in [3.8, 4) is 0 Å². The number of rotatable bonds is 6. The molecule has 0 amide bonds. The van der Waals surface area contributed by atoms with Gasteiger partial charge >= 0.3 is 0 Å². The third kappa shape index (κ3) is 2.96. The van der Waals surface area contributed by atoms with Crippen LogP contribution in [0.1, 0.15) is 46.5 Å². The van der Waals surface area contributed by atoms with Crippen molar-refractivity contribution < 1.29 is 0 Å². The number of nitrogens with zero attached hydrogens (tertiary/aromatic N) is 1. The van der Waals surface area contributed by atoms with E-state index in [0.29, 0.717) is 0 Å². The van der Waals surface area contributed by atoms with E-state index < -0.39 is 0 Å². The van der Waals surface area contributed by atoms with E-state index in [1.54, 1.807) is 0 Å². The predicted molar refractivity (Wildman–Crippen MR) is 57.8 cm³/mol. The van der Waals surface area contributed by atoms with Gasteiger partial charge in [-0.15, -0.1) is 0 Å². The van der Waals surface area contributed by atoms with Crippen LogP contribution >= 0.6 is 0 Å². The van der Waals surface area contributed by atoms with E-state index in [2.05, 4.69) is 25.7 Å². The van der Waals surface area contributed by atoms with Crippen molar-refractivity contribution in [2.75, 3.05) is 13.1 Å². The molecule has 0 aliphatic heterocycles. The van der Waals surface area contributed by atoms with Gasteiger partial charge in [-0.2, -0.15) is 0 Å². The van der Waals surface area contributed by atoms with Gasteiger partial charge in [0.25, 0.3) is 0 Å². The van der Waals surface area contributed by atoms with Crippen LogP contribution in [0.5, 0.6) is 0 Å². The van der Waals surface area contributed by atoms with Crippen molar-refractivity contribution >= 4 is 0 Å². The monoisotopic (exact) mass is 184 g/mol. The molecular weight excluding hydrogens is 160 g/mol. The highest BCUT2D eigenvalue weighted by Crippen LogP contribution is 2.28. The maximum absolute atomic E-state index is 6.30. The molecule has 0 bridgehead atoms. The van der Waals surface area contributed by atoms with E-state index in [-0.39, 0.29) is 5.54 Å². The minimum atomic E-state index is 0.0542. The Morgan fingerprint density at radius 3 is 2.08 bits per heavy atom. The Kier molecular flexibility index (Phi) is 3.74. The van der Waals surface area contributed by atoms with Crippen molar-refractivity contribution in [3.63, 3.8) is 0 Å². The van der Waals surface area contributed by atoms with Crippen LogP contribution in [0.4, 0.5) is 0 Å². The van der Waals surface area contributed by atoms with Crippen molar-refractivity contribution in [1.29, 1.82) is 0 Å². The predicted octanol–water partition coefficient (Wildman–Crippen LogP) is 1.99. The zero-order valence-corrected chi connectivity index (χ0v) is 9.34. The fourth-order valence-electron chi connectivity index (χ4n) is 1.82. The van der Waals surface area contributed by atoms with Gasteiger partial charge in [0.2, 0.25) is 0 Å². The molecule has 78 valence electrons. The summed E-state index contributed by atoms with van der Waals surface area (Å²) < 4.78 is 0. The lowest BCUT2D eigenvalue weighted by atomic mass is 9.93. The quantitative estimate of drug-likeness (QED) is 0.684. The Labute approximate surface area is 82.5 Å². The van der Waals surface area contributed by atoms with Gasteiger partial charge in [0.05, 0.1) is 0 Å². The second-order valence-corrected chi connectivity index (χ2v) is 4.36. The molecular formula is C11H24N2. The average molecular weight is 184 g/mol. The van der Waals surface area contributed by atoms with Crippen LogP contribution in [0.15, 0.2) is 0 Å². The third-order valence-corrected chi connectivity index (χ3v) is 3.40. The van der Waals surface area contributed by atoms with Crippen LogP contribution < -0.4 is 5.73 Å². The van der Waals surface area contributed by atoms with Crippen molar-refractivity contribution in [1.82, 2.24) is 4.90 Å². The molecule has 0 unspecified atom stereocenters. The summed E-state index contributed by atoms with van der Waals surface area (Å²) in [5.41, 5.74) is 6.35. The van der Waals surface area contributed by atoms with Crippen molar-refractivity contribution in [3.05, 3.63) is 0 Å². The van der Waals surface area contributed by atoms with Crippen LogP contribution in [0, 0.1) is 0 Å². The van der Waals surface area contributed by atoms with Gasteiger partial charge in [-0.3, -0.25) is 4.90 Å². The van der Waals surface area contributed by atoms with Gasteiger partial charge in [-0.1, -0.05) is 20.8 Å². The Morgan fingerprint density at radius 1 is 1.23 bits per heavy atom. The third-order valence-electron chi connectivity index (χ3n) is 3.40. The Balaban J connectivity index is 2.42. The van der Waals surface area contributed by atoms with Gasteiger partial charge in [0.1, 0.15) is 0 Å². The van der Waals surface area contributed by atoms with Crippen molar-refractivity contribution in [2.45, 2.75) is 58.0 Å². The Bertz CT molecular complexity index is 148. The van der Waals surface area contributed by atoms with Crippen LogP contribution in [0.3, 0.4) is 0 Å². The van der Waals surface area contributed by atoms with Gasteiger partial charge in [-0.05, 0) is 32.2 Å². The van der Waals surface area contributed by atoms with E-state index in [1.165, 1.54) is 12.8 Å². The van der Waals surface area contributed by atoms with Gasteiger partial charge in [0, 0.05) is 18.1 Å². The van der Waals surface area contributed by atoms with E-state index in [9.17, 15) is 0 Å². The molecule has 1 aliphatic carbocycles. The van der Waals surface area contributed by atoms with Crippen LogP contribution in [0.25, 0.3) is 0 Å². The van der Waals surface area contributed by atoms with Crippen molar-refractivity contribution in [2.24, 2.45) is 5.73 Å². The maximum Gasteiger partial charge on any atom is 0.0278 e. The van der Waals surface area contributed by atoms with Gasteiger partial charge < -0.3 is 5.73 Å². The lowest BCUT2D eigenvalue weighted by molar-refractivity contribution is 0.199. The molecule has 1 fully saturated rings. The van der Waals surface area contributed by atoms with Crippen LogP contribution in [-0.2, 0) is 0 Å². The summed E-state index contributed by atoms with van der Waals surface area (Å²) in [4.78, 5) is 2.55. The van der Waals surface area contributed by atoms with E-state index in [0.717, 1.165) is 32.0 Å². The molecule has 0 aromatic rings. The second-order valence-electron chi connectivity index (χ2n) is 4.36. The molecule has 0 saturated heterocycles. The fraction of sp³-hybridized carbons (Fsp3) is 1.00. The number of hydrogen-bond donors (Lipinski definition) is 1. The molecule has 2 heteroatoms. The molecule has 0 heterocycles. The lowest BCUT2D eigenvalue weighted by Gasteiger charge is -2.33. The molecule has 0 aromatic heterocycles. The van der Waals surface area contributed by atoms with Gasteiger partial charge in [-0.25, -0.2) is 0 Å². The fourth-order valence-corrected chi connectivity index (χ4v) is 1.82. The first kappa shape index (κ1) is 11.0. The Morgan fingerprint density at radius 2 is 1.77 bits per heavy atom. The first-order valence-electron chi connectivity index (χ1n) is 5.68. The minimum Gasteiger partial charge on any atom is -0.324 e. The molecule has 1 saturated carbocycles. The molecule has 0 aromatic carbocycles. The lowest BCUT2D eigenvalue weighted by Crippen LogP contribution is -2.50. The standard InChI is InChI=1S/C11H24N2/c1-4-11(12,5-2)9-13(6-3)10-7-8-10/h10H,4-9,12H2,1-3H3. The highest BCUT2D eigenvalue weighted by molar-refractivity contribution is 4.91. The average Bonchev–Trinajstić information content (AvgIpc) is 2.97. The van der Waals surface area contributed by atoms with Crippen LogP contribution in [-0.4, -0.2) is 29.6 Å². The van der Waals surface area contributed by atoms with E-state index in [1.807, 2.05) is 0 Å². The second kappa shape index (κ2) is 4.43. The summed E-state index contributed by atoms with van der Waals surface area (Å²) in [6.07, 6.45) is 4.95. The molecule has 0 radical (unpaired) electrons. The SMILES string of the molecule is CCN(CC(N)(CC)CC)C1CC1. The summed E-state index contributed by atoms with van der Waals surface area (Å²) in [7, 11) is 0. The first-order valence-corrected chi connectivity index (χ1v) is 5.68. The summed E-state index contributed by atoms with van der Waals surface area (Å²) in [5.74, 6) is 0. The molecule has 13 heavy (non-hydrogen) atoms. The molecule has 1 rings (SSSR count). The van der Waals surface area contributed by atoms with Gasteiger partial charge in [0.15, 0.2) is 0 Å². The summed E-state index contributed by atoms with van der Waals surface area (Å²) in [6.45, 7) is 8.88. The summed E-state index contributed by atoms with van der Waals surface area (Å²) in [5, 5.41) is 0. The maximum atomic E-state index is 6.30. The molecule has 1 aliphatic rings. The summed E-state index contributed by atoms with van der Waals surface area (Å²) >= 11 is 0. The Hall–Kier alpha value is -0.0800. The first-order chi connectivity index (χ1) is 6.15. The molecule has 0 atom stereocenters. The topological polar surface area (TPSA) is 29.3 Å².